The number of amides is 1. The van der Waals surface area contributed by atoms with E-state index in [0.29, 0.717) is 30.2 Å². The summed E-state index contributed by atoms with van der Waals surface area (Å²) in [6, 6.07) is 15.7. The average molecular weight is 388 g/mol. The maximum absolute atomic E-state index is 12.4. The van der Waals surface area contributed by atoms with Gasteiger partial charge in [-0.25, -0.2) is 5.48 Å². The molecule has 0 aliphatic carbocycles. The molecule has 1 aliphatic rings. The lowest BCUT2D eigenvalue weighted by Gasteiger charge is -2.35. The number of piperidine rings is 1. The first-order valence-corrected chi connectivity index (χ1v) is 9.59. The number of hydroxylamine groups is 1. The summed E-state index contributed by atoms with van der Waals surface area (Å²) in [5.41, 5.74) is 0.725. The lowest BCUT2D eigenvalue weighted by Crippen LogP contribution is -2.52. The van der Waals surface area contributed by atoms with Crippen molar-refractivity contribution in [2.45, 2.75) is 12.8 Å². The van der Waals surface area contributed by atoms with Crippen LogP contribution in [0.1, 0.15) is 18.4 Å². The molecule has 1 heterocycles. The Kier molecular flexibility index (Phi) is 5.90. The van der Waals surface area contributed by atoms with Crippen molar-refractivity contribution in [2.75, 3.05) is 13.1 Å². The highest BCUT2D eigenvalue weighted by Gasteiger charge is 2.45. The second kappa shape index (κ2) is 8.34. The highest BCUT2D eigenvalue weighted by molar-refractivity contribution is 7.73. The number of hydrogen-bond donors (Lipinski definition) is 3. The molecule has 1 fully saturated rings. The van der Waals surface area contributed by atoms with Crippen LogP contribution < -0.4 is 15.5 Å². The van der Waals surface area contributed by atoms with Gasteiger partial charge in [-0.2, -0.15) is 8.42 Å². The molecule has 7 nitrogen and oxygen atoms in total. The number of carbonyl (C=O) groups excluding carboxylic acids is 1. The van der Waals surface area contributed by atoms with Crippen LogP contribution in [0.2, 0.25) is 0 Å². The van der Waals surface area contributed by atoms with Gasteiger partial charge >= 0.3 is 0 Å². The van der Waals surface area contributed by atoms with Crippen LogP contribution >= 0.6 is 0 Å². The topological polar surface area (TPSA) is 105 Å². The van der Waals surface area contributed by atoms with Crippen molar-refractivity contribution >= 4 is 21.1 Å². The van der Waals surface area contributed by atoms with Crippen molar-refractivity contribution in [3.63, 3.8) is 0 Å². The van der Waals surface area contributed by atoms with Crippen LogP contribution in [0, 0.1) is 5.41 Å². The van der Waals surface area contributed by atoms with E-state index >= 15 is 0 Å². The van der Waals surface area contributed by atoms with Crippen molar-refractivity contribution < 1.29 is 23.2 Å². The fourth-order valence-electron chi connectivity index (χ4n) is 3.35. The van der Waals surface area contributed by atoms with Gasteiger partial charge in [0.2, 0.25) is 10.3 Å². The van der Waals surface area contributed by atoms with E-state index in [1.807, 2.05) is 30.3 Å². The summed E-state index contributed by atoms with van der Waals surface area (Å²) < 4.78 is 29.8. The molecule has 3 rings (SSSR count). The standard InChI is InChI=1S/C19H20N2O5S/c22-18(21-23)19(10-12-20-13-11-19)17(27(24)25)14-6-8-16(9-7-14)26-15-4-2-1-3-5-15/h1-9,20,23H,10-13H2,(H,21,22). The molecule has 1 aliphatic heterocycles. The normalized spacial score (nSPS) is 15.6. The van der Waals surface area contributed by atoms with Gasteiger partial charge in [-0.1, -0.05) is 18.2 Å². The van der Waals surface area contributed by atoms with Crippen LogP contribution in [0.25, 0.3) is 0 Å². The number of rotatable bonds is 5. The highest BCUT2D eigenvalue weighted by Crippen LogP contribution is 2.34. The molecule has 0 radical (unpaired) electrons. The zero-order valence-electron chi connectivity index (χ0n) is 14.5. The molecule has 3 N–H and O–H groups in total. The highest BCUT2D eigenvalue weighted by atomic mass is 32.2. The minimum atomic E-state index is -2.63. The van der Waals surface area contributed by atoms with Crippen molar-refractivity contribution in [3.8, 4) is 11.5 Å². The molecule has 0 bridgehead atoms. The van der Waals surface area contributed by atoms with E-state index in [9.17, 15) is 18.4 Å². The van der Waals surface area contributed by atoms with E-state index in [1.165, 1.54) is 0 Å². The Labute approximate surface area is 158 Å². The Morgan fingerprint density at radius 3 is 2.15 bits per heavy atom. The first-order chi connectivity index (χ1) is 13.1. The zero-order chi connectivity index (χ0) is 19.3. The van der Waals surface area contributed by atoms with Crippen LogP contribution in [-0.2, 0) is 15.1 Å². The van der Waals surface area contributed by atoms with Crippen molar-refractivity contribution in [3.05, 3.63) is 60.2 Å². The molecule has 0 saturated carbocycles. The van der Waals surface area contributed by atoms with Crippen LogP contribution in [0.3, 0.4) is 0 Å². The molecule has 27 heavy (non-hydrogen) atoms. The van der Waals surface area contributed by atoms with Crippen LogP contribution in [0.4, 0.5) is 0 Å². The number of hydrogen-bond acceptors (Lipinski definition) is 6. The van der Waals surface area contributed by atoms with E-state index in [4.69, 9.17) is 4.74 Å². The Balaban J connectivity index is 1.96. The van der Waals surface area contributed by atoms with Gasteiger partial charge in [0.05, 0.1) is 10.3 Å². The molecule has 0 aromatic heterocycles. The maximum atomic E-state index is 12.4. The van der Waals surface area contributed by atoms with Gasteiger partial charge in [-0.3, -0.25) is 10.0 Å². The van der Waals surface area contributed by atoms with Crippen LogP contribution in [-0.4, -0.2) is 37.5 Å². The molecule has 2 aromatic rings. The van der Waals surface area contributed by atoms with Crippen molar-refractivity contribution in [2.24, 2.45) is 5.41 Å². The summed E-state index contributed by atoms with van der Waals surface area (Å²) in [6.45, 7) is 0.951. The van der Waals surface area contributed by atoms with Gasteiger partial charge in [0, 0.05) is 0 Å². The number of benzene rings is 2. The molecular formula is C19H20N2O5S. The fourth-order valence-corrected chi connectivity index (χ4v) is 4.29. The molecule has 142 valence electrons. The molecule has 2 aromatic carbocycles. The molecule has 0 spiro atoms. The lowest BCUT2D eigenvalue weighted by atomic mass is 9.73. The first kappa shape index (κ1) is 19.1. The quantitative estimate of drug-likeness (QED) is 0.312. The maximum Gasteiger partial charge on any atom is 0.255 e. The summed E-state index contributed by atoms with van der Waals surface area (Å²) >= 11 is 0. The van der Waals surface area contributed by atoms with Gasteiger partial charge in [-0.15, -0.1) is 0 Å². The largest absolute Gasteiger partial charge is 0.457 e. The van der Waals surface area contributed by atoms with E-state index in [2.05, 4.69) is 5.32 Å². The smallest absolute Gasteiger partial charge is 0.255 e. The molecule has 1 saturated heterocycles. The van der Waals surface area contributed by atoms with Gasteiger partial charge < -0.3 is 10.1 Å². The Morgan fingerprint density at radius 1 is 1.00 bits per heavy atom. The second-order valence-electron chi connectivity index (χ2n) is 6.28. The number of carbonyl (C=O) groups is 1. The minimum Gasteiger partial charge on any atom is -0.457 e. The summed E-state index contributed by atoms with van der Waals surface area (Å²) in [5, 5.41) is 12.3. The minimum absolute atomic E-state index is 0.0261. The number of nitrogens with one attached hydrogen (secondary N) is 2. The fraction of sp³-hybridized carbons (Fsp3) is 0.263. The summed E-state index contributed by atoms with van der Waals surface area (Å²) in [6.07, 6.45) is 0.538. The number of ether oxygens (including phenoxy) is 1. The summed E-state index contributed by atoms with van der Waals surface area (Å²) in [7, 11) is -2.63. The predicted octanol–water partition coefficient (Wildman–Crippen LogP) is 1.75. The molecule has 1 amide bonds. The lowest BCUT2D eigenvalue weighted by molar-refractivity contribution is -0.137. The Morgan fingerprint density at radius 2 is 1.59 bits per heavy atom. The Bertz CT molecular complexity index is 926. The third kappa shape index (κ3) is 4.02. The molecule has 0 atom stereocenters. The van der Waals surface area contributed by atoms with Gasteiger partial charge in [0.15, 0.2) is 0 Å². The SMILES string of the molecule is O=C(NO)C1(C(c2ccc(Oc3ccccc3)cc2)=S(=O)=O)CCNCC1. The Hall–Kier alpha value is -2.68. The van der Waals surface area contributed by atoms with E-state index in [1.54, 1.807) is 29.7 Å². The van der Waals surface area contributed by atoms with Gasteiger partial charge in [0.25, 0.3) is 5.91 Å². The van der Waals surface area contributed by atoms with Crippen LogP contribution in [0.15, 0.2) is 54.6 Å². The molecular weight excluding hydrogens is 368 g/mol. The van der Waals surface area contributed by atoms with Crippen LogP contribution in [0.5, 0.6) is 11.5 Å². The molecule has 0 unspecified atom stereocenters. The third-order valence-corrected chi connectivity index (χ3v) is 5.65. The van der Waals surface area contributed by atoms with E-state index < -0.39 is 21.6 Å². The molecule has 8 heteroatoms. The second-order valence-corrected chi connectivity index (χ2v) is 7.15. The zero-order valence-corrected chi connectivity index (χ0v) is 15.3. The van der Waals surface area contributed by atoms with Gasteiger partial charge in [0.1, 0.15) is 11.5 Å². The van der Waals surface area contributed by atoms with Crippen molar-refractivity contribution in [1.29, 1.82) is 0 Å². The predicted molar refractivity (Wildman–Crippen MR) is 100 cm³/mol. The summed E-state index contributed by atoms with van der Waals surface area (Å²) in [5.74, 6) is 0.496. The van der Waals surface area contributed by atoms with E-state index in [-0.39, 0.29) is 17.7 Å². The average Bonchev–Trinajstić information content (AvgIpc) is 2.70. The van der Waals surface area contributed by atoms with Gasteiger partial charge in [-0.05, 0) is 67.9 Å². The third-order valence-electron chi connectivity index (χ3n) is 4.69. The number of para-hydroxylation sites is 1. The first-order valence-electron chi connectivity index (χ1n) is 8.52. The van der Waals surface area contributed by atoms with Crippen molar-refractivity contribution in [1.82, 2.24) is 10.8 Å². The summed E-state index contributed by atoms with van der Waals surface area (Å²) in [4.78, 5) is 12.4. The van der Waals surface area contributed by atoms with E-state index in [0.717, 1.165) is 0 Å². The monoisotopic (exact) mass is 388 g/mol.